The van der Waals surface area contributed by atoms with E-state index < -0.39 is 0 Å². The standard InChI is InChI=1S/C22H25N3O2.ClH/c26-21(13-16-23-14-7-2-8-15-23)25-17-24(18-9-3-1-4-10-18)22(27)19-11-5-6-12-20(19)25;/h1,3-6,9-12H,2,7-8,13-17H2;1H. The molecule has 1 fully saturated rings. The normalized spacial score (nSPS) is 17.1. The smallest absolute Gasteiger partial charge is 0.261 e. The van der Waals surface area contributed by atoms with Gasteiger partial charge in [0.1, 0.15) is 6.67 Å². The first-order valence-electron chi connectivity index (χ1n) is 9.73. The van der Waals surface area contributed by atoms with E-state index in [9.17, 15) is 9.59 Å². The highest BCUT2D eigenvalue weighted by Gasteiger charge is 2.33. The second kappa shape index (κ2) is 9.22. The molecular formula is C22H26ClN3O2. The molecule has 0 aromatic heterocycles. The number of hydrogen-bond donors (Lipinski definition) is 0. The minimum Gasteiger partial charge on any atom is -0.303 e. The van der Waals surface area contributed by atoms with Gasteiger partial charge in [-0.25, -0.2) is 0 Å². The van der Waals surface area contributed by atoms with Gasteiger partial charge in [-0.2, -0.15) is 0 Å². The Bertz CT molecular complexity index is 822. The van der Waals surface area contributed by atoms with Crippen molar-refractivity contribution in [3.8, 4) is 0 Å². The molecule has 0 unspecified atom stereocenters. The monoisotopic (exact) mass is 399 g/mol. The Labute approximate surface area is 172 Å². The number of nitrogens with zero attached hydrogens (tertiary/aromatic N) is 3. The minimum absolute atomic E-state index is 0. The molecule has 6 heteroatoms. The van der Waals surface area contributed by atoms with Crippen LogP contribution in [0.5, 0.6) is 0 Å². The third kappa shape index (κ3) is 4.21. The number of para-hydroxylation sites is 2. The second-order valence-electron chi connectivity index (χ2n) is 7.20. The molecule has 2 aliphatic heterocycles. The van der Waals surface area contributed by atoms with Crippen LogP contribution in [-0.4, -0.2) is 43.0 Å². The van der Waals surface area contributed by atoms with Crippen LogP contribution in [0.4, 0.5) is 11.4 Å². The Hall–Kier alpha value is -2.37. The maximum atomic E-state index is 13.0. The zero-order chi connectivity index (χ0) is 18.6. The Morgan fingerprint density at radius 3 is 2.32 bits per heavy atom. The third-order valence-corrected chi connectivity index (χ3v) is 5.41. The number of carbonyl (C=O) groups is 2. The van der Waals surface area contributed by atoms with Crippen LogP contribution >= 0.6 is 12.4 Å². The maximum absolute atomic E-state index is 13.0. The highest BCUT2D eigenvalue weighted by atomic mass is 35.5. The molecule has 0 aliphatic carbocycles. The Balaban J connectivity index is 0.00000225. The van der Waals surface area contributed by atoms with Crippen molar-refractivity contribution >= 4 is 35.6 Å². The van der Waals surface area contributed by atoms with E-state index >= 15 is 0 Å². The predicted octanol–water partition coefficient (Wildman–Crippen LogP) is 3.94. The summed E-state index contributed by atoms with van der Waals surface area (Å²) in [5.41, 5.74) is 2.11. The summed E-state index contributed by atoms with van der Waals surface area (Å²) >= 11 is 0. The molecule has 2 aromatic carbocycles. The van der Waals surface area contributed by atoms with Gasteiger partial charge in [-0.3, -0.25) is 19.4 Å². The second-order valence-corrected chi connectivity index (χ2v) is 7.20. The number of likely N-dealkylation sites (tertiary alicyclic amines) is 1. The average molecular weight is 400 g/mol. The van der Waals surface area contributed by atoms with Crippen molar-refractivity contribution in [2.45, 2.75) is 25.7 Å². The predicted molar refractivity (Wildman–Crippen MR) is 114 cm³/mol. The fourth-order valence-electron chi connectivity index (χ4n) is 3.91. The van der Waals surface area contributed by atoms with Crippen LogP contribution in [-0.2, 0) is 4.79 Å². The van der Waals surface area contributed by atoms with Gasteiger partial charge < -0.3 is 4.90 Å². The van der Waals surface area contributed by atoms with Gasteiger partial charge in [0, 0.05) is 18.7 Å². The summed E-state index contributed by atoms with van der Waals surface area (Å²) in [7, 11) is 0. The van der Waals surface area contributed by atoms with E-state index in [4.69, 9.17) is 0 Å². The Morgan fingerprint density at radius 1 is 0.893 bits per heavy atom. The zero-order valence-electron chi connectivity index (χ0n) is 15.9. The summed E-state index contributed by atoms with van der Waals surface area (Å²) in [6.45, 7) is 3.21. The van der Waals surface area contributed by atoms with E-state index in [2.05, 4.69) is 4.90 Å². The molecule has 2 aromatic rings. The molecule has 0 saturated carbocycles. The summed E-state index contributed by atoms with van der Waals surface area (Å²) in [4.78, 5) is 31.8. The molecule has 4 rings (SSSR count). The van der Waals surface area contributed by atoms with Crippen LogP contribution in [0, 0.1) is 0 Å². The van der Waals surface area contributed by atoms with E-state index in [1.807, 2.05) is 48.5 Å². The lowest BCUT2D eigenvalue weighted by Gasteiger charge is -2.37. The van der Waals surface area contributed by atoms with Crippen molar-refractivity contribution in [2.24, 2.45) is 0 Å². The number of carbonyl (C=O) groups excluding carboxylic acids is 2. The lowest BCUT2D eigenvalue weighted by molar-refractivity contribution is -0.119. The van der Waals surface area contributed by atoms with Gasteiger partial charge >= 0.3 is 0 Å². The summed E-state index contributed by atoms with van der Waals surface area (Å²) in [5.74, 6) is 0.0123. The number of fused-ring (bicyclic) bond motifs is 1. The number of hydrogen-bond acceptors (Lipinski definition) is 3. The first-order valence-corrected chi connectivity index (χ1v) is 9.73. The quantitative estimate of drug-likeness (QED) is 0.782. The molecule has 0 atom stereocenters. The topological polar surface area (TPSA) is 43.9 Å². The minimum atomic E-state index is -0.0584. The van der Waals surface area contributed by atoms with Gasteiger partial charge in [-0.05, 0) is 50.2 Å². The van der Waals surface area contributed by atoms with E-state index in [0.717, 1.165) is 31.0 Å². The van der Waals surface area contributed by atoms with E-state index in [1.54, 1.807) is 15.9 Å². The zero-order valence-corrected chi connectivity index (χ0v) is 16.7. The van der Waals surface area contributed by atoms with Gasteiger partial charge in [0.25, 0.3) is 5.91 Å². The molecule has 0 spiro atoms. The van der Waals surface area contributed by atoms with Crippen molar-refractivity contribution in [1.82, 2.24) is 4.90 Å². The number of anilines is 2. The van der Waals surface area contributed by atoms with Gasteiger partial charge in [0.15, 0.2) is 0 Å². The first kappa shape index (κ1) is 20.4. The molecule has 0 radical (unpaired) electrons. The van der Waals surface area contributed by atoms with Crippen molar-refractivity contribution in [1.29, 1.82) is 0 Å². The Kier molecular flexibility index (Phi) is 6.70. The van der Waals surface area contributed by atoms with Crippen molar-refractivity contribution in [3.63, 3.8) is 0 Å². The molecule has 5 nitrogen and oxygen atoms in total. The number of halogens is 1. The Morgan fingerprint density at radius 2 is 1.57 bits per heavy atom. The maximum Gasteiger partial charge on any atom is 0.261 e. The molecule has 1 saturated heterocycles. The van der Waals surface area contributed by atoms with Crippen LogP contribution < -0.4 is 9.80 Å². The molecule has 148 valence electrons. The SMILES string of the molecule is Cl.O=C1c2ccccc2N(C(=O)CCN2CCCCC2)CN1c1ccccc1. The van der Waals surface area contributed by atoms with Crippen molar-refractivity contribution in [2.75, 3.05) is 36.1 Å². The lowest BCUT2D eigenvalue weighted by Crippen LogP contribution is -2.50. The molecule has 2 aliphatic rings. The van der Waals surface area contributed by atoms with Crippen LogP contribution in [0.15, 0.2) is 54.6 Å². The van der Waals surface area contributed by atoms with Gasteiger partial charge in [0.05, 0.1) is 11.3 Å². The molecule has 0 bridgehead atoms. The van der Waals surface area contributed by atoms with Crippen molar-refractivity contribution in [3.05, 3.63) is 60.2 Å². The van der Waals surface area contributed by atoms with Crippen LogP contribution in [0.25, 0.3) is 0 Å². The lowest BCUT2D eigenvalue weighted by atomic mass is 10.1. The van der Waals surface area contributed by atoms with Crippen LogP contribution in [0.3, 0.4) is 0 Å². The summed E-state index contributed by atoms with van der Waals surface area (Å²) in [6, 6.07) is 17.0. The number of benzene rings is 2. The van der Waals surface area contributed by atoms with Crippen LogP contribution in [0.2, 0.25) is 0 Å². The fraction of sp³-hybridized carbons (Fsp3) is 0.364. The number of rotatable bonds is 4. The largest absolute Gasteiger partial charge is 0.303 e. The van der Waals surface area contributed by atoms with Gasteiger partial charge in [-0.1, -0.05) is 36.8 Å². The number of piperidine rings is 1. The van der Waals surface area contributed by atoms with E-state index in [0.29, 0.717) is 12.0 Å². The molecule has 2 amide bonds. The van der Waals surface area contributed by atoms with Gasteiger partial charge in [-0.15, -0.1) is 12.4 Å². The third-order valence-electron chi connectivity index (χ3n) is 5.41. The van der Waals surface area contributed by atoms with Crippen molar-refractivity contribution < 1.29 is 9.59 Å². The highest BCUT2D eigenvalue weighted by Crippen LogP contribution is 2.30. The molecular weight excluding hydrogens is 374 g/mol. The van der Waals surface area contributed by atoms with E-state index in [-0.39, 0.29) is 30.9 Å². The average Bonchev–Trinajstić information content (AvgIpc) is 2.74. The fourth-order valence-corrected chi connectivity index (χ4v) is 3.91. The molecule has 28 heavy (non-hydrogen) atoms. The summed E-state index contributed by atoms with van der Waals surface area (Å²) < 4.78 is 0. The first-order chi connectivity index (χ1) is 13.2. The van der Waals surface area contributed by atoms with Crippen LogP contribution in [0.1, 0.15) is 36.0 Å². The molecule has 0 N–H and O–H groups in total. The van der Waals surface area contributed by atoms with Gasteiger partial charge in [0.2, 0.25) is 5.91 Å². The van der Waals surface area contributed by atoms with E-state index in [1.165, 1.54) is 19.3 Å². The summed E-state index contributed by atoms with van der Waals surface area (Å²) in [6.07, 6.45) is 4.21. The number of amides is 2. The summed E-state index contributed by atoms with van der Waals surface area (Å²) in [5, 5.41) is 0. The highest BCUT2D eigenvalue weighted by molar-refractivity contribution is 6.15. The molecule has 2 heterocycles.